The summed E-state index contributed by atoms with van der Waals surface area (Å²) in [6.07, 6.45) is 0.380. The van der Waals surface area contributed by atoms with Gasteiger partial charge in [-0.05, 0) is 18.6 Å². The van der Waals surface area contributed by atoms with E-state index in [0.29, 0.717) is 22.8 Å². The van der Waals surface area contributed by atoms with Gasteiger partial charge in [-0.25, -0.2) is 0 Å². The molecule has 0 heterocycles. The highest BCUT2D eigenvalue weighted by atomic mass is 16.5. The van der Waals surface area contributed by atoms with Gasteiger partial charge in [-0.1, -0.05) is 0 Å². The van der Waals surface area contributed by atoms with E-state index in [2.05, 4.69) is 0 Å². The van der Waals surface area contributed by atoms with Crippen molar-refractivity contribution < 1.29 is 28.9 Å². The predicted molar refractivity (Wildman–Crippen MR) is 71.9 cm³/mol. The average Bonchev–Trinajstić information content (AvgIpc) is 2.44. The van der Waals surface area contributed by atoms with Crippen molar-refractivity contribution in [1.82, 2.24) is 0 Å². The number of carbonyl (C=O) groups is 2. The van der Waals surface area contributed by atoms with Gasteiger partial charge in [-0.15, -0.1) is 0 Å². The van der Waals surface area contributed by atoms with E-state index < -0.39 is 5.97 Å². The van der Waals surface area contributed by atoms with Crippen LogP contribution in [0.25, 0.3) is 0 Å². The lowest BCUT2D eigenvalue weighted by Crippen LogP contribution is -2.06. The van der Waals surface area contributed by atoms with Crippen LogP contribution in [0.3, 0.4) is 0 Å². The molecular formula is C14H18O6. The minimum atomic E-state index is -0.919. The second-order valence-corrected chi connectivity index (χ2v) is 4.05. The van der Waals surface area contributed by atoms with E-state index >= 15 is 0 Å². The fourth-order valence-corrected chi connectivity index (χ4v) is 1.86. The van der Waals surface area contributed by atoms with Gasteiger partial charge >= 0.3 is 5.97 Å². The Labute approximate surface area is 117 Å². The van der Waals surface area contributed by atoms with E-state index in [1.165, 1.54) is 21.3 Å². The molecule has 0 amide bonds. The lowest BCUT2D eigenvalue weighted by molar-refractivity contribution is -0.137. The third kappa shape index (κ3) is 3.63. The first-order chi connectivity index (χ1) is 9.54. The zero-order valence-corrected chi connectivity index (χ0v) is 11.8. The first kappa shape index (κ1) is 15.8. The van der Waals surface area contributed by atoms with Gasteiger partial charge in [0.2, 0.25) is 5.75 Å². The molecule has 0 aliphatic rings. The molecule has 0 atom stereocenters. The van der Waals surface area contributed by atoms with Crippen LogP contribution < -0.4 is 14.2 Å². The molecule has 0 saturated carbocycles. The molecule has 1 aromatic rings. The SMILES string of the molecule is COc1ccc(C(=O)CCCC(=O)O)c(OC)c1OC. The average molecular weight is 282 g/mol. The lowest BCUT2D eigenvalue weighted by atomic mass is 10.0. The first-order valence-corrected chi connectivity index (χ1v) is 6.09. The van der Waals surface area contributed by atoms with Gasteiger partial charge in [-0.2, -0.15) is 0 Å². The maximum absolute atomic E-state index is 12.1. The molecule has 110 valence electrons. The third-order valence-electron chi connectivity index (χ3n) is 2.80. The molecule has 0 bridgehead atoms. The van der Waals surface area contributed by atoms with Crippen LogP contribution in [0.5, 0.6) is 17.2 Å². The van der Waals surface area contributed by atoms with E-state index in [0.717, 1.165) is 0 Å². The van der Waals surface area contributed by atoms with Crippen molar-refractivity contribution in [3.63, 3.8) is 0 Å². The fourth-order valence-electron chi connectivity index (χ4n) is 1.86. The number of benzene rings is 1. The molecule has 6 heteroatoms. The maximum atomic E-state index is 12.1. The maximum Gasteiger partial charge on any atom is 0.303 e. The number of hydrogen-bond acceptors (Lipinski definition) is 5. The van der Waals surface area contributed by atoms with Gasteiger partial charge in [0.05, 0.1) is 26.9 Å². The van der Waals surface area contributed by atoms with Crippen LogP contribution in [0.15, 0.2) is 12.1 Å². The topological polar surface area (TPSA) is 82.1 Å². The van der Waals surface area contributed by atoms with Gasteiger partial charge in [0.1, 0.15) is 0 Å². The van der Waals surface area contributed by atoms with Gasteiger partial charge < -0.3 is 19.3 Å². The monoisotopic (exact) mass is 282 g/mol. The van der Waals surface area contributed by atoms with E-state index in [9.17, 15) is 9.59 Å². The lowest BCUT2D eigenvalue weighted by Gasteiger charge is -2.15. The summed E-state index contributed by atoms with van der Waals surface area (Å²) in [5.41, 5.74) is 0.357. The Balaban J connectivity index is 2.99. The predicted octanol–water partition coefficient (Wildman–Crippen LogP) is 2.15. The largest absolute Gasteiger partial charge is 0.493 e. The van der Waals surface area contributed by atoms with Crippen LogP contribution in [0.1, 0.15) is 29.6 Å². The zero-order chi connectivity index (χ0) is 15.1. The van der Waals surface area contributed by atoms with Crippen molar-refractivity contribution >= 4 is 11.8 Å². The molecule has 0 aliphatic carbocycles. The Bertz CT molecular complexity index is 495. The molecular weight excluding hydrogens is 264 g/mol. The van der Waals surface area contributed by atoms with Crippen molar-refractivity contribution in [3.05, 3.63) is 17.7 Å². The summed E-state index contributed by atoms with van der Waals surface area (Å²) in [5.74, 6) is -0.00109. The molecule has 20 heavy (non-hydrogen) atoms. The Morgan fingerprint density at radius 3 is 2.15 bits per heavy atom. The van der Waals surface area contributed by atoms with Crippen LogP contribution in [-0.2, 0) is 4.79 Å². The van der Waals surface area contributed by atoms with E-state index in [1.807, 2.05) is 0 Å². The van der Waals surface area contributed by atoms with Gasteiger partial charge in [0, 0.05) is 12.8 Å². The molecule has 1 rings (SSSR count). The molecule has 0 aromatic heterocycles. The number of methoxy groups -OCH3 is 3. The number of carbonyl (C=O) groups excluding carboxylic acids is 1. The molecule has 1 N–H and O–H groups in total. The van der Waals surface area contributed by atoms with Crippen molar-refractivity contribution in [1.29, 1.82) is 0 Å². The second kappa shape index (κ2) is 7.37. The normalized spacial score (nSPS) is 9.95. The molecule has 6 nitrogen and oxygen atoms in total. The second-order valence-electron chi connectivity index (χ2n) is 4.05. The van der Waals surface area contributed by atoms with Crippen molar-refractivity contribution in [2.45, 2.75) is 19.3 Å². The minimum Gasteiger partial charge on any atom is -0.493 e. The van der Waals surface area contributed by atoms with Crippen LogP contribution in [-0.4, -0.2) is 38.2 Å². The standard InChI is InChI=1S/C14H18O6/c1-18-11-8-7-9(13(19-2)14(11)20-3)10(15)5-4-6-12(16)17/h7-8H,4-6H2,1-3H3,(H,16,17). The summed E-state index contributed by atoms with van der Waals surface area (Å²) >= 11 is 0. The van der Waals surface area contributed by atoms with Crippen molar-refractivity contribution in [3.8, 4) is 17.2 Å². The first-order valence-electron chi connectivity index (χ1n) is 6.09. The molecule has 0 fully saturated rings. The number of ether oxygens (including phenoxy) is 3. The van der Waals surface area contributed by atoms with E-state index in [-0.39, 0.29) is 25.0 Å². The minimum absolute atomic E-state index is 0.0403. The van der Waals surface area contributed by atoms with Crippen LogP contribution in [0.4, 0.5) is 0 Å². The molecule has 0 radical (unpaired) electrons. The molecule has 0 aliphatic heterocycles. The quantitative estimate of drug-likeness (QED) is 0.736. The Kier molecular flexibility index (Phi) is 5.83. The molecule has 0 spiro atoms. The Morgan fingerprint density at radius 1 is 1.00 bits per heavy atom. The molecule has 1 aromatic carbocycles. The smallest absolute Gasteiger partial charge is 0.303 e. The summed E-state index contributed by atoms with van der Waals surface area (Å²) in [5, 5.41) is 8.58. The van der Waals surface area contributed by atoms with E-state index in [1.54, 1.807) is 12.1 Å². The molecule has 0 saturated heterocycles. The third-order valence-corrected chi connectivity index (χ3v) is 2.80. The van der Waals surface area contributed by atoms with Crippen LogP contribution in [0, 0.1) is 0 Å². The highest BCUT2D eigenvalue weighted by Gasteiger charge is 2.20. The number of Topliss-reactive ketones (excluding diaryl/α,β-unsaturated/α-hetero) is 1. The zero-order valence-electron chi connectivity index (χ0n) is 11.8. The number of carboxylic acid groups (broad SMARTS) is 1. The number of ketones is 1. The van der Waals surface area contributed by atoms with Gasteiger partial charge in [0.15, 0.2) is 17.3 Å². The summed E-state index contributed by atoms with van der Waals surface area (Å²) < 4.78 is 15.5. The number of hydrogen-bond donors (Lipinski definition) is 1. The van der Waals surface area contributed by atoms with Crippen molar-refractivity contribution in [2.75, 3.05) is 21.3 Å². The van der Waals surface area contributed by atoms with Gasteiger partial charge in [-0.3, -0.25) is 9.59 Å². The number of carboxylic acids is 1. The molecule has 0 unspecified atom stereocenters. The summed E-state index contributed by atoms with van der Waals surface area (Å²) in [4.78, 5) is 22.6. The number of aliphatic carboxylic acids is 1. The summed E-state index contributed by atoms with van der Waals surface area (Å²) in [7, 11) is 4.38. The van der Waals surface area contributed by atoms with Crippen molar-refractivity contribution in [2.24, 2.45) is 0 Å². The highest BCUT2D eigenvalue weighted by molar-refractivity contribution is 6.00. The van der Waals surface area contributed by atoms with Crippen LogP contribution in [0.2, 0.25) is 0 Å². The fraction of sp³-hybridized carbons (Fsp3) is 0.429. The Hall–Kier alpha value is -2.24. The van der Waals surface area contributed by atoms with Crippen LogP contribution >= 0.6 is 0 Å². The summed E-state index contributed by atoms with van der Waals surface area (Å²) in [6, 6.07) is 3.20. The number of rotatable bonds is 8. The van der Waals surface area contributed by atoms with Gasteiger partial charge in [0.25, 0.3) is 0 Å². The highest BCUT2D eigenvalue weighted by Crippen LogP contribution is 2.40. The summed E-state index contributed by atoms with van der Waals surface area (Å²) in [6.45, 7) is 0. The van der Waals surface area contributed by atoms with E-state index in [4.69, 9.17) is 19.3 Å². The Morgan fingerprint density at radius 2 is 1.65 bits per heavy atom.